The van der Waals surface area contributed by atoms with Crippen LogP contribution >= 0.6 is 0 Å². The van der Waals surface area contributed by atoms with Crippen molar-refractivity contribution in [1.82, 2.24) is 10.2 Å². The van der Waals surface area contributed by atoms with E-state index >= 15 is 0 Å². The third-order valence-electron chi connectivity index (χ3n) is 4.97. The van der Waals surface area contributed by atoms with Crippen LogP contribution in [0.15, 0.2) is 60.7 Å². The fourth-order valence-electron chi connectivity index (χ4n) is 3.45. The molecule has 3 amide bonds. The third-order valence-corrected chi connectivity index (χ3v) is 4.97. The molecule has 0 radical (unpaired) electrons. The number of imide groups is 1. The molecule has 162 valence electrons. The van der Waals surface area contributed by atoms with Crippen LogP contribution in [0.25, 0.3) is 0 Å². The minimum Gasteiger partial charge on any atom is -0.353 e. The lowest BCUT2D eigenvalue weighted by Gasteiger charge is -2.28. The van der Waals surface area contributed by atoms with Crippen molar-refractivity contribution < 1.29 is 23.2 Å². The zero-order chi connectivity index (χ0) is 22.5. The lowest BCUT2D eigenvalue weighted by Crippen LogP contribution is -2.55. The number of halogens is 2. The van der Waals surface area contributed by atoms with Gasteiger partial charge in [-0.2, -0.15) is 0 Å². The standard InChI is InChI=1S/C23H23F2N3O3/c1-14(26)23(31)28(21(29)11-15-9-18(24)12-19(25)10-15)20-8-7-17(13-27-22(20)30)16-5-3-2-4-6-16/h2-10,12,14,17,20H,11,13,26H2,1H3,(H,27,30)/t14-,17-,20-/m0/s1. The molecule has 0 spiro atoms. The third kappa shape index (κ3) is 5.40. The van der Waals surface area contributed by atoms with Gasteiger partial charge in [-0.3, -0.25) is 19.3 Å². The van der Waals surface area contributed by atoms with Crippen molar-refractivity contribution in [2.45, 2.75) is 31.3 Å². The zero-order valence-corrected chi connectivity index (χ0v) is 16.9. The summed E-state index contributed by atoms with van der Waals surface area (Å²) in [6.07, 6.45) is 2.78. The average Bonchev–Trinajstić information content (AvgIpc) is 2.90. The Morgan fingerprint density at radius 2 is 1.77 bits per heavy atom. The first kappa shape index (κ1) is 22.3. The maximum Gasteiger partial charge on any atom is 0.247 e. The van der Waals surface area contributed by atoms with Gasteiger partial charge in [0.2, 0.25) is 17.7 Å². The van der Waals surface area contributed by atoms with Crippen molar-refractivity contribution in [2.24, 2.45) is 5.73 Å². The van der Waals surface area contributed by atoms with E-state index in [0.717, 1.165) is 22.6 Å². The van der Waals surface area contributed by atoms with Crippen LogP contribution in [0.4, 0.5) is 8.78 Å². The summed E-state index contributed by atoms with van der Waals surface area (Å²) in [5, 5.41) is 2.75. The molecule has 31 heavy (non-hydrogen) atoms. The molecule has 0 unspecified atom stereocenters. The normalized spacial score (nSPS) is 19.3. The summed E-state index contributed by atoms with van der Waals surface area (Å²) in [4.78, 5) is 39.2. The molecule has 3 atom stereocenters. The number of rotatable bonds is 5. The van der Waals surface area contributed by atoms with E-state index in [0.29, 0.717) is 12.6 Å². The van der Waals surface area contributed by atoms with Crippen molar-refractivity contribution in [3.8, 4) is 0 Å². The molecule has 3 N–H and O–H groups in total. The number of nitrogens with two attached hydrogens (primary N) is 1. The molecule has 6 nitrogen and oxygen atoms in total. The van der Waals surface area contributed by atoms with Gasteiger partial charge in [0, 0.05) is 18.5 Å². The minimum atomic E-state index is -1.22. The summed E-state index contributed by atoms with van der Waals surface area (Å²) >= 11 is 0. The summed E-state index contributed by atoms with van der Waals surface area (Å²) in [5.41, 5.74) is 6.72. The maximum atomic E-state index is 13.5. The van der Waals surface area contributed by atoms with Crippen LogP contribution in [0.5, 0.6) is 0 Å². The molecular formula is C23H23F2N3O3. The average molecular weight is 427 g/mol. The van der Waals surface area contributed by atoms with Crippen molar-refractivity contribution in [3.05, 3.63) is 83.4 Å². The number of nitrogens with one attached hydrogen (secondary N) is 1. The first-order valence-electron chi connectivity index (χ1n) is 9.83. The van der Waals surface area contributed by atoms with E-state index in [1.54, 1.807) is 6.08 Å². The van der Waals surface area contributed by atoms with Gasteiger partial charge in [-0.25, -0.2) is 8.78 Å². The van der Waals surface area contributed by atoms with Crippen LogP contribution in [0.1, 0.15) is 24.0 Å². The van der Waals surface area contributed by atoms with Gasteiger partial charge in [-0.05, 0) is 30.2 Å². The number of hydrogen-bond donors (Lipinski definition) is 2. The highest BCUT2D eigenvalue weighted by Gasteiger charge is 2.36. The monoisotopic (exact) mass is 427 g/mol. The fourth-order valence-corrected chi connectivity index (χ4v) is 3.45. The maximum absolute atomic E-state index is 13.5. The Hall–Kier alpha value is -3.39. The number of hydrogen-bond acceptors (Lipinski definition) is 4. The zero-order valence-electron chi connectivity index (χ0n) is 16.9. The number of carbonyl (C=O) groups is 3. The van der Waals surface area contributed by atoms with E-state index < -0.39 is 47.9 Å². The molecule has 1 aliphatic rings. The second-order valence-corrected chi connectivity index (χ2v) is 7.44. The topological polar surface area (TPSA) is 92.5 Å². The van der Waals surface area contributed by atoms with Gasteiger partial charge in [0.1, 0.15) is 17.7 Å². The highest BCUT2D eigenvalue weighted by Crippen LogP contribution is 2.21. The largest absolute Gasteiger partial charge is 0.353 e. The first-order valence-corrected chi connectivity index (χ1v) is 9.83. The Morgan fingerprint density at radius 1 is 1.13 bits per heavy atom. The molecule has 0 aliphatic carbocycles. The van der Waals surface area contributed by atoms with Crippen LogP contribution in [0, 0.1) is 11.6 Å². The molecule has 0 fully saturated rings. The molecule has 0 aromatic heterocycles. The lowest BCUT2D eigenvalue weighted by atomic mass is 9.99. The van der Waals surface area contributed by atoms with E-state index in [2.05, 4.69) is 5.32 Å². The van der Waals surface area contributed by atoms with Crippen molar-refractivity contribution in [1.29, 1.82) is 0 Å². The van der Waals surface area contributed by atoms with E-state index in [1.807, 2.05) is 30.3 Å². The Morgan fingerprint density at radius 3 is 2.39 bits per heavy atom. The summed E-state index contributed by atoms with van der Waals surface area (Å²) in [5.74, 6) is -3.91. The predicted octanol–water partition coefficient (Wildman–Crippen LogP) is 2.05. The number of amides is 3. The van der Waals surface area contributed by atoms with Crippen molar-refractivity contribution in [2.75, 3.05) is 6.54 Å². The second-order valence-electron chi connectivity index (χ2n) is 7.44. The summed E-state index contributed by atoms with van der Waals surface area (Å²) in [7, 11) is 0. The van der Waals surface area contributed by atoms with Gasteiger partial charge in [0.15, 0.2) is 0 Å². The van der Waals surface area contributed by atoms with Gasteiger partial charge < -0.3 is 11.1 Å². The summed E-state index contributed by atoms with van der Waals surface area (Å²) in [6, 6.07) is 9.87. The fraction of sp³-hybridized carbons (Fsp3) is 0.261. The van der Waals surface area contributed by atoms with E-state index in [4.69, 9.17) is 5.73 Å². The van der Waals surface area contributed by atoms with Crippen molar-refractivity contribution in [3.63, 3.8) is 0 Å². The molecular weight excluding hydrogens is 404 g/mol. The highest BCUT2D eigenvalue weighted by molar-refractivity contribution is 6.03. The van der Waals surface area contributed by atoms with Gasteiger partial charge in [-0.1, -0.05) is 42.5 Å². The Balaban J connectivity index is 1.90. The smallest absolute Gasteiger partial charge is 0.247 e. The summed E-state index contributed by atoms with van der Waals surface area (Å²) < 4.78 is 27.0. The SMILES string of the molecule is C[C@H](N)C(=O)N(C(=O)Cc1cc(F)cc(F)c1)[C@H]1C=C[C@H](c2ccccc2)CNC1=O. The lowest BCUT2D eigenvalue weighted by molar-refractivity contribution is -0.150. The molecule has 0 saturated heterocycles. The van der Waals surface area contributed by atoms with Crippen LogP contribution in [0.3, 0.4) is 0 Å². The van der Waals surface area contributed by atoms with Crippen LogP contribution in [0.2, 0.25) is 0 Å². The number of nitrogens with zero attached hydrogens (tertiary/aromatic N) is 1. The molecule has 1 aliphatic heterocycles. The Labute approximate surface area is 178 Å². The van der Waals surface area contributed by atoms with Crippen LogP contribution in [-0.4, -0.2) is 41.2 Å². The molecule has 1 heterocycles. The van der Waals surface area contributed by atoms with E-state index in [9.17, 15) is 23.2 Å². The highest BCUT2D eigenvalue weighted by atomic mass is 19.1. The number of carbonyl (C=O) groups excluding carboxylic acids is 3. The van der Waals surface area contributed by atoms with Crippen LogP contribution in [-0.2, 0) is 20.8 Å². The molecule has 3 rings (SSSR count). The summed E-state index contributed by atoms with van der Waals surface area (Å²) in [6.45, 7) is 1.69. The van der Waals surface area contributed by atoms with E-state index in [-0.39, 0.29) is 11.5 Å². The van der Waals surface area contributed by atoms with Gasteiger partial charge in [-0.15, -0.1) is 0 Å². The molecule has 8 heteroatoms. The van der Waals surface area contributed by atoms with Gasteiger partial charge in [0.25, 0.3) is 0 Å². The van der Waals surface area contributed by atoms with Crippen LogP contribution < -0.4 is 11.1 Å². The molecule has 2 aromatic carbocycles. The first-order chi connectivity index (χ1) is 14.8. The number of benzene rings is 2. The molecule has 2 aromatic rings. The molecule has 0 saturated carbocycles. The quantitative estimate of drug-likeness (QED) is 0.715. The Bertz CT molecular complexity index is 988. The second kappa shape index (κ2) is 9.61. The predicted molar refractivity (Wildman–Crippen MR) is 111 cm³/mol. The molecule has 0 bridgehead atoms. The minimum absolute atomic E-state index is 0.0464. The van der Waals surface area contributed by atoms with Crippen molar-refractivity contribution >= 4 is 17.7 Å². The van der Waals surface area contributed by atoms with Gasteiger partial charge >= 0.3 is 0 Å². The Kier molecular flexibility index (Phi) is 6.91. The van der Waals surface area contributed by atoms with Gasteiger partial charge in [0.05, 0.1) is 12.5 Å². The van der Waals surface area contributed by atoms with E-state index in [1.165, 1.54) is 13.0 Å².